The van der Waals surface area contributed by atoms with E-state index in [4.69, 9.17) is 4.74 Å². The molecule has 0 aliphatic carbocycles. The van der Waals surface area contributed by atoms with Gasteiger partial charge >= 0.3 is 6.36 Å². The molecular formula is C22H25F3N4O3. The van der Waals surface area contributed by atoms with E-state index in [2.05, 4.69) is 26.4 Å². The molecular weight excluding hydrogens is 425 g/mol. The van der Waals surface area contributed by atoms with Gasteiger partial charge in [-0.2, -0.15) is 0 Å². The summed E-state index contributed by atoms with van der Waals surface area (Å²) in [6.07, 6.45) is -1.41. The zero-order valence-electron chi connectivity index (χ0n) is 17.7. The van der Waals surface area contributed by atoms with Crippen molar-refractivity contribution in [3.05, 3.63) is 53.9 Å². The lowest BCUT2D eigenvalue weighted by molar-refractivity contribution is -0.274. The molecule has 2 aliphatic heterocycles. The van der Waals surface area contributed by atoms with E-state index >= 15 is 0 Å². The molecule has 0 bridgehead atoms. The van der Waals surface area contributed by atoms with Crippen LogP contribution in [0.2, 0.25) is 0 Å². The van der Waals surface area contributed by atoms with Crippen LogP contribution in [0.4, 0.5) is 18.9 Å². The predicted molar refractivity (Wildman–Crippen MR) is 111 cm³/mol. The van der Waals surface area contributed by atoms with E-state index in [0.717, 1.165) is 17.8 Å². The van der Waals surface area contributed by atoms with Gasteiger partial charge in [-0.05, 0) is 42.8 Å². The molecule has 0 radical (unpaired) electrons. The Morgan fingerprint density at radius 3 is 2.59 bits per heavy atom. The number of ether oxygens (including phenoxy) is 2. The van der Waals surface area contributed by atoms with Crippen molar-refractivity contribution in [2.45, 2.75) is 25.9 Å². The molecule has 172 valence electrons. The lowest BCUT2D eigenvalue weighted by Crippen LogP contribution is -2.41. The summed E-state index contributed by atoms with van der Waals surface area (Å²) in [5.74, 6) is -0.284. The summed E-state index contributed by atoms with van der Waals surface area (Å²) in [7, 11) is 0. The zero-order valence-corrected chi connectivity index (χ0v) is 17.7. The second-order valence-corrected chi connectivity index (χ2v) is 7.94. The van der Waals surface area contributed by atoms with Crippen LogP contribution < -0.4 is 9.64 Å². The number of carbonyl (C=O) groups is 1. The van der Waals surface area contributed by atoms with Crippen molar-refractivity contribution in [1.29, 1.82) is 0 Å². The molecule has 1 aromatic carbocycles. The molecule has 7 nitrogen and oxygen atoms in total. The Balaban J connectivity index is 1.43. The highest BCUT2D eigenvalue weighted by molar-refractivity contribution is 5.95. The van der Waals surface area contributed by atoms with Crippen LogP contribution in [0.3, 0.4) is 0 Å². The summed E-state index contributed by atoms with van der Waals surface area (Å²) in [4.78, 5) is 23.3. The first-order valence-electron chi connectivity index (χ1n) is 10.4. The highest BCUT2D eigenvalue weighted by atomic mass is 19.4. The molecule has 1 unspecified atom stereocenters. The van der Waals surface area contributed by atoms with Gasteiger partial charge in [0.2, 0.25) is 0 Å². The topological polar surface area (TPSA) is 58.1 Å². The third-order valence-corrected chi connectivity index (χ3v) is 5.71. The highest BCUT2D eigenvalue weighted by Crippen LogP contribution is 2.28. The van der Waals surface area contributed by atoms with Crippen molar-refractivity contribution in [2.24, 2.45) is 0 Å². The Morgan fingerprint density at radius 2 is 1.91 bits per heavy atom. The monoisotopic (exact) mass is 450 g/mol. The number of rotatable bonds is 5. The average molecular weight is 450 g/mol. The van der Waals surface area contributed by atoms with Gasteiger partial charge in [0.1, 0.15) is 5.75 Å². The first-order valence-corrected chi connectivity index (χ1v) is 10.4. The number of halogens is 3. The van der Waals surface area contributed by atoms with Crippen molar-refractivity contribution in [2.75, 3.05) is 44.4 Å². The molecule has 0 saturated carbocycles. The van der Waals surface area contributed by atoms with Crippen molar-refractivity contribution >= 4 is 11.6 Å². The molecule has 0 N–H and O–H groups in total. The number of aromatic nitrogens is 1. The Kier molecular flexibility index (Phi) is 6.52. The van der Waals surface area contributed by atoms with Crippen LogP contribution in [0.25, 0.3) is 0 Å². The molecule has 32 heavy (non-hydrogen) atoms. The van der Waals surface area contributed by atoms with Crippen LogP contribution >= 0.6 is 0 Å². The number of anilines is 1. The van der Waals surface area contributed by atoms with Gasteiger partial charge in [0, 0.05) is 50.3 Å². The molecule has 1 atom stereocenters. The highest BCUT2D eigenvalue weighted by Gasteiger charge is 2.32. The zero-order chi connectivity index (χ0) is 22.7. The van der Waals surface area contributed by atoms with Crippen LogP contribution in [-0.2, 0) is 11.3 Å². The smallest absolute Gasteiger partial charge is 0.406 e. The Bertz CT molecular complexity index is 933. The number of hydrogen-bond donors (Lipinski definition) is 0. The maximum Gasteiger partial charge on any atom is 0.573 e. The average Bonchev–Trinajstić information content (AvgIpc) is 3.14. The van der Waals surface area contributed by atoms with Crippen LogP contribution in [0.5, 0.6) is 5.75 Å². The van der Waals surface area contributed by atoms with Gasteiger partial charge in [-0.15, -0.1) is 13.2 Å². The molecule has 1 amide bonds. The van der Waals surface area contributed by atoms with E-state index in [1.165, 1.54) is 12.1 Å². The van der Waals surface area contributed by atoms with E-state index in [-0.39, 0.29) is 17.7 Å². The molecule has 2 fully saturated rings. The summed E-state index contributed by atoms with van der Waals surface area (Å²) in [5.41, 5.74) is 2.31. The second-order valence-electron chi connectivity index (χ2n) is 7.94. The van der Waals surface area contributed by atoms with Crippen molar-refractivity contribution in [3.63, 3.8) is 0 Å². The van der Waals surface area contributed by atoms with Crippen LogP contribution in [0.1, 0.15) is 22.8 Å². The maximum atomic E-state index is 13.0. The quantitative estimate of drug-likeness (QED) is 0.698. The second kappa shape index (κ2) is 9.33. The van der Waals surface area contributed by atoms with Crippen molar-refractivity contribution in [3.8, 4) is 5.75 Å². The van der Waals surface area contributed by atoms with Crippen LogP contribution in [0, 0.1) is 0 Å². The standard InChI is InChI=1S/C22H25F3N4O3/c1-16-13-29(18-2-4-19(5-3-18)32-22(23,24)25)15-28(16)14-17-6-7-26-12-20(17)21(30)27-8-10-31-11-9-27/h2-7,12,16H,8-11,13-15H2,1H3. The number of hydrogen-bond acceptors (Lipinski definition) is 6. The summed E-state index contributed by atoms with van der Waals surface area (Å²) < 4.78 is 46.4. The van der Waals surface area contributed by atoms with Gasteiger partial charge in [0.25, 0.3) is 5.91 Å². The van der Waals surface area contributed by atoms with Gasteiger partial charge in [0.15, 0.2) is 0 Å². The molecule has 3 heterocycles. The van der Waals surface area contributed by atoms with E-state index in [1.807, 2.05) is 6.07 Å². The number of pyridine rings is 1. The molecule has 2 saturated heterocycles. The first-order chi connectivity index (χ1) is 15.3. The molecule has 4 rings (SSSR count). The Hall–Kier alpha value is -2.85. The largest absolute Gasteiger partial charge is 0.573 e. The number of nitrogens with zero attached hydrogens (tertiary/aromatic N) is 4. The lowest BCUT2D eigenvalue weighted by atomic mass is 10.1. The van der Waals surface area contributed by atoms with Crippen molar-refractivity contribution < 1.29 is 27.4 Å². The van der Waals surface area contributed by atoms with E-state index in [9.17, 15) is 18.0 Å². The fourth-order valence-corrected chi connectivity index (χ4v) is 4.01. The van der Waals surface area contributed by atoms with Gasteiger partial charge in [-0.3, -0.25) is 14.7 Å². The van der Waals surface area contributed by atoms with Gasteiger partial charge in [-0.1, -0.05) is 0 Å². The normalized spacial score (nSPS) is 19.9. The molecule has 2 aromatic rings. The van der Waals surface area contributed by atoms with Crippen molar-refractivity contribution in [1.82, 2.24) is 14.8 Å². The van der Waals surface area contributed by atoms with Gasteiger partial charge in [0.05, 0.1) is 25.4 Å². The van der Waals surface area contributed by atoms with E-state index in [1.54, 1.807) is 29.4 Å². The minimum atomic E-state index is -4.71. The SMILES string of the molecule is CC1CN(c2ccc(OC(F)(F)F)cc2)CN1Cc1ccncc1C(=O)N1CCOCC1. The molecule has 10 heteroatoms. The van der Waals surface area contributed by atoms with Crippen LogP contribution in [0.15, 0.2) is 42.7 Å². The Morgan fingerprint density at radius 1 is 1.19 bits per heavy atom. The summed E-state index contributed by atoms with van der Waals surface area (Å²) in [5, 5.41) is 0. The lowest BCUT2D eigenvalue weighted by Gasteiger charge is -2.28. The number of morpholine rings is 1. The van der Waals surface area contributed by atoms with Gasteiger partial charge < -0.3 is 19.3 Å². The van der Waals surface area contributed by atoms with Gasteiger partial charge in [-0.25, -0.2) is 0 Å². The molecule has 1 aromatic heterocycles. The number of amides is 1. The summed E-state index contributed by atoms with van der Waals surface area (Å²) in [6, 6.07) is 7.94. The molecule has 0 spiro atoms. The number of benzene rings is 1. The third-order valence-electron chi connectivity index (χ3n) is 5.71. The fourth-order valence-electron chi connectivity index (χ4n) is 4.01. The summed E-state index contributed by atoms with van der Waals surface area (Å²) in [6.45, 7) is 6.17. The molecule has 2 aliphatic rings. The number of carbonyl (C=O) groups excluding carboxylic acids is 1. The fraction of sp³-hybridized carbons (Fsp3) is 0.455. The third kappa shape index (κ3) is 5.31. The number of alkyl halides is 3. The minimum absolute atomic E-state index is 0.0413. The maximum absolute atomic E-state index is 13.0. The van der Waals surface area contributed by atoms with E-state index < -0.39 is 6.36 Å². The van der Waals surface area contributed by atoms with Crippen LogP contribution in [-0.4, -0.2) is 72.6 Å². The predicted octanol–water partition coefficient (Wildman–Crippen LogP) is 3.12. The minimum Gasteiger partial charge on any atom is -0.406 e. The Labute approximate surface area is 184 Å². The summed E-state index contributed by atoms with van der Waals surface area (Å²) >= 11 is 0. The van der Waals surface area contributed by atoms with E-state index in [0.29, 0.717) is 45.1 Å². The first kappa shape index (κ1) is 22.3.